The molecule has 6 nitrogen and oxygen atoms in total. The van der Waals surface area contributed by atoms with Gasteiger partial charge in [0.05, 0.1) is 18.1 Å². The predicted octanol–water partition coefficient (Wildman–Crippen LogP) is 1.16. The summed E-state index contributed by atoms with van der Waals surface area (Å²) in [5.41, 5.74) is 2.18. The fourth-order valence-corrected chi connectivity index (χ4v) is 3.81. The Kier molecular flexibility index (Phi) is 4.72. The first-order chi connectivity index (χ1) is 12.2. The van der Waals surface area contributed by atoms with E-state index in [0.29, 0.717) is 25.0 Å². The topological polar surface area (TPSA) is 70.7 Å². The van der Waals surface area contributed by atoms with Gasteiger partial charge >= 0.3 is 0 Å². The maximum absolute atomic E-state index is 12.0. The first-order valence-corrected chi connectivity index (χ1v) is 9.24. The number of ether oxygens (including phenoxy) is 1. The second kappa shape index (κ2) is 7.14. The lowest BCUT2D eigenvalue weighted by atomic mass is 9.90. The summed E-state index contributed by atoms with van der Waals surface area (Å²) in [6.07, 6.45) is 3.93. The van der Waals surface area contributed by atoms with Crippen LogP contribution in [0.3, 0.4) is 0 Å². The van der Waals surface area contributed by atoms with Crippen molar-refractivity contribution in [2.24, 2.45) is 0 Å². The number of benzene rings is 1. The first kappa shape index (κ1) is 16.5. The van der Waals surface area contributed by atoms with Gasteiger partial charge in [0.15, 0.2) is 0 Å². The maximum Gasteiger partial charge on any atom is 0.234 e. The average molecular weight is 343 g/mol. The number of anilines is 1. The van der Waals surface area contributed by atoms with E-state index < -0.39 is 0 Å². The van der Waals surface area contributed by atoms with Crippen LogP contribution in [0.25, 0.3) is 0 Å². The summed E-state index contributed by atoms with van der Waals surface area (Å²) in [6, 6.07) is 8.24. The molecule has 25 heavy (non-hydrogen) atoms. The van der Waals surface area contributed by atoms with Gasteiger partial charge in [-0.15, -0.1) is 0 Å². The normalized spacial score (nSPS) is 25.6. The van der Waals surface area contributed by atoms with Crippen LogP contribution >= 0.6 is 0 Å². The van der Waals surface area contributed by atoms with Crippen LogP contribution in [-0.4, -0.2) is 50.2 Å². The Morgan fingerprint density at radius 1 is 0.960 bits per heavy atom. The van der Waals surface area contributed by atoms with Crippen molar-refractivity contribution in [3.8, 4) is 0 Å². The van der Waals surface area contributed by atoms with E-state index in [1.807, 2.05) is 12.1 Å². The summed E-state index contributed by atoms with van der Waals surface area (Å²) in [4.78, 5) is 25.6. The molecule has 3 heterocycles. The first-order valence-electron chi connectivity index (χ1n) is 9.24. The number of imide groups is 1. The van der Waals surface area contributed by atoms with Gasteiger partial charge < -0.3 is 15.0 Å². The Morgan fingerprint density at radius 3 is 2.28 bits per heavy atom. The minimum atomic E-state index is -0.207. The highest BCUT2D eigenvalue weighted by atomic mass is 16.5. The van der Waals surface area contributed by atoms with Gasteiger partial charge in [-0.2, -0.15) is 0 Å². The molecular formula is C19H25N3O3. The van der Waals surface area contributed by atoms with Crippen molar-refractivity contribution in [2.45, 2.75) is 43.8 Å². The van der Waals surface area contributed by atoms with Crippen LogP contribution in [-0.2, 0) is 14.3 Å². The highest BCUT2D eigenvalue weighted by molar-refractivity contribution is 6.00. The Morgan fingerprint density at radius 2 is 1.68 bits per heavy atom. The van der Waals surface area contributed by atoms with E-state index in [0.717, 1.165) is 44.6 Å². The predicted molar refractivity (Wildman–Crippen MR) is 94.5 cm³/mol. The molecule has 3 aliphatic heterocycles. The zero-order chi connectivity index (χ0) is 17.2. The van der Waals surface area contributed by atoms with E-state index in [2.05, 4.69) is 27.7 Å². The van der Waals surface area contributed by atoms with Crippen molar-refractivity contribution in [3.63, 3.8) is 0 Å². The lowest BCUT2D eigenvalue weighted by Gasteiger charge is -2.37. The van der Waals surface area contributed by atoms with E-state index >= 15 is 0 Å². The molecule has 3 fully saturated rings. The third-order valence-electron chi connectivity index (χ3n) is 5.47. The van der Waals surface area contributed by atoms with Crippen LogP contribution in [0, 0.1) is 0 Å². The molecular weight excluding hydrogens is 318 g/mol. The molecule has 2 N–H and O–H groups in total. The van der Waals surface area contributed by atoms with Crippen molar-refractivity contribution in [3.05, 3.63) is 29.8 Å². The largest absolute Gasteiger partial charge is 0.372 e. The van der Waals surface area contributed by atoms with Crippen LogP contribution < -0.4 is 15.5 Å². The minimum absolute atomic E-state index is 0.166. The van der Waals surface area contributed by atoms with Crippen molar-refractivity contribution in [1.29, 1.82) is 0 Å². The van der Waals surface area contributed by atoms with Crippen molar-refractivity contribution in [2.75, 3.05) is 31.1 Å². The molecule has 1 unspecified atom stereocenters. The molecule has 2 amide bonds. The van der Waals surface area contributed by atoms with E-state index in [4.69, 9.17) is 4.74 Å². The molecule has 134 valence electrons. The van der Waals surface area contributed by atoms with Crippen LogP contribution in [0.5, 0.6) is 0 Å². The summed E-state index contributed by atoms with van der Waals surface area (Å²) in [5.74, 6) is -0.546. The Bertz CT molecular complexity index is 634. The smallest absolute Gasteiger partial charge is 0.234 e. The molecule has 3 saturated heterocycles. The standard InChI is InChI=1S/C19H25N3O3/c23-18-6-5-17(19(24)21-18)13-1-3-14(4-2-13)22-9-7-15(8-10-22)25-16-11-20-12-16/h1-4,15-17,20H,5-12H2,(H,21,23,24). The lowest BCUT2D eigenvalue weighted by molar-refractivity contribution is -0.134. The highest BCUT2D eigenvalue weighted by Gasteiger charge is 2.28. The van der Waals surface area contributed by atoms with Gasteiger partial charge in [0.1, 0.15) is 0 Å². The van der Waals surface area contributed by atoms with Gasteiger partial charge in [-0.3, -0.25) is 14.9 Å². The number of rotatable bonds is 4. The van der Waals surface area contributed by atoms with E-state index in [1.54, 1.807) is 0 Å². The summed E-state index contributed by atoms with van der Waals surface area (Å²) in [6.45, 7) is 3.98. The van der Waals surface area contributed by atoms with Crippen LogP contribution in [0.15, 0.2) is 24.3 Å². The number of piperidine rings is 2. The number of nitrogens with one attached hydrogen (secondary N) is 2. The molecule has 1 aromatic rings. The van der Waals surface area contributed by atoms with Gasteiger partial charge in [-0.05, 0) is 37.0 Å². The van der Waals surface area contributed by atoms with Gasteiger partial charge in [0, 0.05) is 38.3 Å². The number of hydrogen-bond donors (Lipinski definition) is 2. The maximum atomic E-state index is 12.0. The third kappa shape index (κ3) is 3.70. The molecule has 0 spiro atoms. The Labute approximate surface area is 147 Å². The fourth-order valence-electron chi connectivity index (χ4n) is 3.81. The summed E-state index contributed by atoms with van der Waals surface area (Å²) in [5, 5.41) is 5.67. The summed E-state index contributed by atoms with van der Waals surface area (Å²) < 4.78 is 6.07. The monoisotopic (exact) mass is 343 g/mol. The molecule has 1 aromatic carbocycles. The zero-order valence-electron chi connectivity index (χ0n) is 14.4. The molecule has 0 bridgehead atoms. The van der Waals surface area contributed by atoms with E-state index in [1.165, 1.54) is 5.69 Å². The van der Waals surface area contributed by atoms with Crippen LogP contribution in [0.2, 0.25) is 0 Å². The number of nitrogens with zero attached hydrogens (tertiary/aromatic N) is 1. The van der Waals surface area contributed by atoms with Gasteiger partial charge in [-0.1, -0.05) is 12.1 Å². The van der Waals surface area contributed by atoms with Crippen LogP contribution in [0.4, 0.5) is 5.69 Å². The number of carbonyl (C=O) groups is 2. The molecule has 3 aliphatic rings. The average Bonchev–Trinajstić information content (AvgIpc) is 2.59. The number of amides is 2. The van der Waals surface area contributed by atoms with Crippen molar-refractivity contribution < 1.29 is 14.3 Å². The number of hydrogen-bond acceptors (Lipinski definition) is 5. The minimum Gasteiger partial charge on any atom is -0.372 e. The molecule has 6 heteroatoms. The lowest BCUT2D eigenvalue weighted by Crippen LogP contribution is -2.51. The zero-order valence-corrected chi connectivity index (χ0v) is 14.4. The van der Waals surface area contributed by atoms with Gasteiger partial charge in [-0.25, -0.2) is 0 Å². The quantitative estimate of drug-likeness (QED) is 0.803. The molecule has 0 aliphatic carbocycles. The fraction of sp³-hybridized carbons (Fsp3) is 0.579. The Balaban J connectivity index is 1.33. The van der Waals surface area contributed by atoms with Crippen LogP contribution in [0.1, 0.15) is 37.2 Å². The molecule has 4 rings (SSSR count). The van der Waals surface area contributed by atoms with Gasteiger partial charge in [0.25, 0.3) is 0 Å². The summed E-state index contributed by atoms with van der Waals surface area (Å²) >= 11 is 0. The molecule has 0 radical (unpaired) electrons. The third-order valence-corrected chi connectivity index (χ3v) is 5.47. The van der Waals surface area contributed by atoms with Crippen molar-refractivity contribution in [1.82, 2.24) is 10.6 Å². The molecule has 0 aromatic heterocycles. The second-order valence-corrected chi connectivity index (χ2v) is 7.20. The SMILES string of the molecule is O=C1CCC(c2ccc(N3CCC(OC4CNC4)CC3)cc2)C(=O)N1. The van der Waals surface area contributed by atoms with E-state index in [9.17, 15) is 9.59 Å². The molecule has 1 atom stereocenters. The second-order valence-electron chi connectivity index (χ2n) is 7.20. The highest BCUT2D eigenvalue weighted by Crippen LogP contribution is 2.28. The molecule has 0 saturated carbocycles. The van der Waals surface area contributed by atoms with Crippen molar-refractivity contribution >= 4 is 17.5 Å². The Hall–Kier alpha value is -1.92. The van der Waals surface area contributed by atoms with Gasteiger partial charge in [0.2, 0.25) is 11.8 Å². The van der Waals surface area contributed by atoms with E-state index in [-0.39, 0.29) is 17.7 Å². The summed E-state index contributed by atoms with van der Waals surface area (Å²) in [7, 11) is 0. The number of carbonyl (C=O) groups excluding carboxylic acids is 2.